The highest BCUT2D eigenvalue weighted by Gasteiger charge is 2.51. The molecule has 4 bridgehead atoms. The molecule has 1 aliphatic heterocycles. The van der Waals surface area contributed by atoms with Crippen LogP contribution >= 0.6 is 0 Å². The highest BCUT2D eigenvalue weighted by Crippen LogP contribution is 2.60. The minimum absolute atomic E-state index is 0.171. The largest absolute Gasteiger partial charge is 0.508 e. The Hall–Kier alpha value is -3.83. The van der Waals surface area contributed by atoms with Gasteiger partial charge in [-0.15, -0.1) is 0 Å². The summed E-state index contributed by atoms with van der Waals surface area (Å²) in [5.41, 5.74) is 5.91. The van der Waals surface area contributed by atoms with E-state index in [1.165, 1.54) is 60.5 Å². The van der Waals surface area contributed by atoms with Crippen molar-refractivity contribution in [2.24, 2.45) is 23.2 Å². The zero-order chi connectivity index (χ0) is 30.5. The number of benzene rings is 4. The minimum Gasteiger partial charge on any atom is -0.508 e. The number of hydrogen-bond donors (Lipinski definition) is 1. The maximum Gasteiger partial charge on any atom is 0.253 e. The van der Waals surface area contributed by atoms with E-state index in [1.54, 1.807) is 6.07 Å². The van der Waals surface area contributed by atoms with Crippen LogP contribution in [0, 0.1) is 23.2 Å². The normalized spacial score (nSPS) is 26.0. The maximum atomic E-state index is 13.5. The number of hydrogen-bond acceptors (Lipinski definition) is 4. The lowest BCUT2D eigenvalue weighted by atomic mass is 9.49. The smallest absolute Gasteiger partial charge is 0.253 e. The SMILES string of the molecule is CN(CC12CC3CC(CC(C3)C1)C2)C(=O)c1ccc(N2CCN(Cc3ccc(-c4cccc(O)c4)c4ccccc34)CC2)cc1. The summed E-state index contributed by atoms with van der Waals surface area (Å²) in [6.45, 7) is 5.77. The van der Waals surface area contributed by atoms with Gasteiger partial charge in [-0.25, -0.2) is 0 Å². The van der Waals surface area contributed by atoms with Crippen LogP contribution in [0.2, 0.25) is 0 Å². The second kappa shape index (κ2) is 11.5. The first kappa shape index (κ1) is 28.6. The number of fused-ring (bicyclic) bond motifs is 1. The van der Waals surface area contributed by atoms with Crippen molar-refractivity contribution in [2.45, 2.75) is 45.1 Å². The number of amides is 1. The molecule has 0 atom stereocenters. The number of anilines is 1. The molecule has 5 fully saturated rings. The number of phenols is 1. The Morgan fingerprint density at radius 2 is 1.47 bits per heavy atom. The van der Waals surface area contributed by atoms with Crippen LogP contribution in [0.15, 0.2) is 84.9 Å². The van der Waals surface area contributed by atoms with Crippen molar-refractivity contribution in [3.05, 3.63) is 96.1 Å². The van der Waals surface area contributed by atoms with Crippen LogP contribution < -0.4 is 4.90 Å². The fraction of sp³-hybridized carbons (Fsp3) is 0.425. The van der Waals surface area contributed by atoms with E-state index < -0.39 is 0 Å². The third-order valence-electron chi connectivity index (χ3n) is 11.5. The Labute approximate surface area is 267 Å². The molecule has 9 rings (SSSR count). The van der Waals surface area contributed by atoms with Gasteiger partial charge >= 0.3 is 0 Å². The van der Waals surface area contributed by atoms with E-state index in [2.05, 4.69) is 64.4 Å². The van der Waals surface area contributed by atoms with Crippen LogP contribution in [0.5, 0.6) is 5.75 Å². The van der Waals surface area contributed by atoms with Crippen molar-refractivity contribution < 1.29 is 9.90 Å². The minimum atomic E-state index is 0.171. The van der Waals surface area contributed by atoms with Gasteiger partial charge in [0, 0.05) is 57.6 Å². The van der Waals surface area contributed by atoms with E-state index in [0.717, 1.165) is 73.7 Å². The molecule has 0 aromatic heterocycles. The molecule has 0 radical (unpaired) electrons. The van der Waals surface area contributed by atoms with Crippen molar-refractivity contribution >= 4 is 22.4 Å². The van der Waals surface area contributed by atoms with Gasteiger partial charge in [0.25, 0.3) is 5.91 Å². The van der Waals surface area contributed by atoms with Crippen molar-refractivity contribution in [3.63, 3.8) is 0 Å². The molecule has 0 unspecified atom stereocenters. The second-order valence-electron chi connectivity index (χ2n) is 14.8. The van der Waals surface area contributed by atoms with E-state index in [9.17, 15) is 9.90 Å². The Morgan fingerprint density at radius 1 is 0.800 bits per heavy atom. The molecule has 4 saturated carbocycles. The van der Waals surface area contributed by atoms with E-state index in [-0.39, 0.29) is 5.91 Å². The van der Waals surface area contributed by atoms with Crippen molar-refractivity contribution in [3.8, 4) is 16.9 Å². The molecular weight excluding hydrogens is 554 g/mol. The van der Waals surface area contributed by atoms with Gasteiger partial charge in [-0.2, -0.15) is 0 Å². The maximum absolute atomic E-state index is 13.5. The van der Waals surface area contributed by atoms with E-state index in [4.69, 9.17) is 0 Å². The third-order valence-corrected chi connectivity index (χ3v) is 11.5. The lowest BCUT2D eigenvalue weighted by Crippen LogP contribution is -2.51. The molecular formula is C40H45N3O2. The van der Waals surface area contributed by atoms with Gasteiger partial charge in [0.1, 0.15) is 5.75 Å². The lowest BCUT2D eigenvalue weighted by molar-refractivity contribution is -0.0629. The zero-order valence-electron chi connectivity index (χ0n) is 26.5. The molecule has 4 aromatic rings. The highest BCUT2D eigenvalue weighted by atomic mass is 16.3. The van der Waals surface area contributed by atoms with Crippen molar-refractivity contribution in [1.82, 2.24) is 9.80 Å². The summed E-state index contributed by atoms with van der Waals surface area (Å²) in [4.78, 5) is 20.5. The summed E-state index contributed by atoms with van der Waals surface area (Å²) in [7, 11) is 2.03. The number of rotatable bonds is 7. The molecule has 5 heteroatoms. The van der Waals surface area contributed by atoms with Gasteiger partial charge in [-0.05, 0) is 126 Å². The molecule has 1 amide bonds. The van der Waals surface area contributed by atoms with Gasteiger partial charge in [0.15, 0.2) is 0 Å². The van der Waals surface area contributed by atoms with E-state index in [0.29, 0.717) is 11.2 Å². The first-order valence-corrected chi connectivity index (χ1v) is 17.0. The number of aromatic hydroxyl groups is 1. The molecule has 1 saturated heterocycles. The first-order chi connectivity index (χ1) is 21.9. The van der Waals surface area contributed by atoms with E-state index >= 15 is 0 Å². The fourth-order valence-corrected chi connectivity index (χ4v) is 9.92. The molecule has 0 spiro atoms. The predicted molar refractivity (Wildman–Crippen MR) is 183 cm³/mol. The van der Waals surface area contributed by atoms with Crippen molar-refractivity contribution in [2.75, 3.05) is 44.7 Å². The van der Waals surface area contributed by atoms with Crippen molar-refractivity contribution in [1.29, 1.82) is 0 Å². The Bertz CT molecular complexity index is 1670. The average molecular weight is 600 g/mol. The molecule has 5 nitrogen and oxygen atoms in total. The molecule has 1 N–H and O–H groups in total. The number of carbonyl (C=O) groups is 1. The van der Waals surface area contributed by atoms with Crippen LogP contribution in [0.4, 0.5) is 5.69 Å². The van der Waals surface area contributed by atoms with Crippen LogP contribution in [0.25, 0.3) is 21.9 Å². The quantitative estimate of drug-likeness (QED) is 0.235. The van der Waals surface area contributed by atoms with Crippen LogP contribution in [-0.2, 0) is 6.54 Å². The first-order valence-electron chi connectivity index (χ1n) is 17.0. The monoisotopic (exact) mass is 599 g/mol. The average Bonchev–Trinajstić information content (AvgIpc) is 3.04. The molecule has 232 valence electrons. The summed E-state index contributed by atoms with van der Waals surface area (Å²) in [5.74, 6) is 3.20. The molecule has 4 aliphatic carbocycles. The van der Waals surface area contributed by atoms with Gasteiger partial charge in [-0.3, -0.25) is 9.69 Å². The summed E-state index contributed by atoms with van der Waals surface area (Å²) in [6, 6.07) is 29.0. The summed E-state index contributed by atoms with van der Waals surface area (Å²) in [5, 5.41) is 12.5. The van der Waals surface area contributed by atoms with Crippen LogP contribution in [0.3, 0.4) is 0 Å². The molecule has 4 aromatic carbocycles. The van der Waals surface area contributed by atoms with Crippen LogP contribution in [-0.4, -0.2) is 60.6 Å². The highest BCUT2D eigenvalue weighted by molar-refractivity contribution is 5.98. The number of nitrogens with zero attached hydrogens (tertiary/aromatic N) is 3. The van der Waals surface area contributed by atoms with E-state index in [1.807, 2.05) is 36.2 Å². The molecule has 1 heterocycles. The van der Waals surface area contributed by atoms with Gasteiger partial charge in [-0.1, -0.05) is 48.5 Å². The number of carbonyl (C=O) groups excluding carboxylic acids is 1. The Balaban J connectivity index is 0.891. The standard InChI is InChI=1S/C40H45N3O2/c1-41(27-40-23-28-19-29(24-40)21-30(20-28)25-40)39(45)31-9-12-34(13-10-31)43-17-15-42(16-18-43)26-33-11-14-37(32-5-4-6-35(44)22-32)38-8-3-2-7-36(33)38/h2-14,22,28-30,44H,15-21,23-27H2,1H3. The zero-order valence-corrected chi connectivity index (χ0v) is 26.5. The Kier molecular flexibility index (Phi) is 7.32. The predicted octanol–water partition coefficient (Wildman–Crippen LogP) is 7.82. The Morgan fingerprint density at radius 3 is 2.13 bits per heavy atom. The summed E-state index contributed by atoms with van der Waals surface area (Å²) >= 11 is 0. The van der Waals surface area contributed by atoms with Gasteiger partial charge in [0.05, 0.1) is 0 Å². The fourth-order valence-electron chi connectivity index (χ4n) is 9.92. The summed E-state index contributed by atoms with van der Waals surface area (Å²) < 4.78 is 0. The number of piperazine rings is 1. The summed E-state index contributed by atoms with van der Waals surface area (Å²) in [6.07, 6.45) is 8.33. The number of phenolic OH excluding ortho intramolecular Hbond substituents is 1. The van der Waals surface area contributed by atoms with Crippen LogP contribution in [0.1, 0.15) is 54.4 Å². The molecule has 5 aliphatic rings. The lowest BCUT2D eigenvalue weighted by Gasteiger charge is -2.57. The third kappa shape index (κ3) is 5.61. The topological polar surface area (TPSA) is 47.0 Å². The van der Waals surface area contributed by atoms with Gasteiger partial charge in [0.2, 0.25) is 0 Å². The van der Waals surface area contributed by atoms with Gasteiger partial charge < -0.3 is 14.9 Å². The second-order valence-corrected chi connectivity index (χ2v) is 14.8. The molecule has 45 heavy (non-hydrogen) atoms.